The van der Waals surface area contributed by atoms with Gasteiger partial charge in [0.15, 0.2) is 0 Å². The Kier molecular flexibility index (Phi) is 5.32. The summed E-state index contributed by atoms with van der Waals surface area (Å²) < 4.78 is 34.0. The van der Waals surface area contributed by atoms with Gasteiger partial charge in [-0.05, 0) is 12.1 Å². The third-order valence-corrected chi connectivity index (χ3v) is 2.95. The van der Waals surface area contributed by atoms with E-state index < -0.39 is 12.6 Å². The molecule has 0 heterocycles. The second-order valence-electron chi connectivity index (χ2n) is 2.95. The van der Waals surface area contributed by atoms with E-state index in [0.29, 0.717) is 10.0 Å². The smallest absolute Gasteiger partial charge is 0.387 e. The van der Waals surface area contributed by atoms with E-state index in [0.717, 1.165) is 0 Å². The quantitative estimate of drug-likeness (QED) is 0.595. The molecule has 0 radical (unpaired) electrons. The Hall–Kier alpha value is -0.690. The van der Waals surface area contributed by atoms with Crippen LogP contribution >= 0.6 is 31.9 Å². The predicted octanol–water partition coefficient (Wildman–Crippen LogP) is 3.73. The van der Waals surface area contributed by atoms with E-state index in [1.807, 2.05) is 0 Å². The number of methoxy groups -OCH3 is 1. The van der Waals surface area contributed by atoms with E-state index in [-0.39, 0.29) is 16.6 Å². The Morgan fingerprint density at radius 2 is 2.12 bits per heavy atom. The summed E-state index contributed by atoms with van der Waals surface area (Å²) in [5, 5.41) is 0.276. The zero-order valence-corrected chi connectivity index (χ0v) is 11.8. The van der Waals surface area contributed by atoms with Crippen molar-refractivity contribution in [1.29, 1.82) is 0 Å². The Labute approximate surface area is 113 Å². The van der Waals surface area contributed by atoms with E-state index >= 15 is 0 Å². The van der Waals surface area contributed by atoms with Gasteiger partial charge in [-0.3, -0.25) is 0 Å². The SMILES string of the molecule is COC(=O)c1cc(Br)cc(CBr)c1OC(F)F. The van der Waals surface area contributed by atoms with Crippen molar-refractivity contribution in [3.8, 4) is 5.75 Å². The van der Waals surface area contributed by atoms with Crippen molar-refractivity contribution in [1.82, 2.24) is 0 Å². The van der Waals surface area contributed by atoms with Crippen LogP contribution in [0.2, 0.25) is 0 Å². The third-order valence-electron chi connectivity index (χ3n) is 1.89. The lowest BCUT2D eigenvalue weighted by Crippen LogP contribution is -2.11. The van der Waals surface area contributed by atoms with E-state index in [9.17, 15) is 13.6 Å². The Morgan fingerprint density at radius 1 is 1.47 bits per heavy atom. The standard InChI is InChI=1S/C10H8Br2F2O3/c1-16-9(15)7-3-6(12)2-5(4-11)8(7)17-10(13)14/h2-3,10H,4H2,1H3. The molecule has 1 aromatic carbocycles. The maximum absolute atomic E-state index is 12.3. The molecule has 0 aliphatic carbocycles. The van der Waals surface area contributed by atoms with Crippen molar-refractivity contribution in [2.75, 3.05) is 7.11 Å². The molecule has 0 N–H and O–H groups in total. The van der Waals surface area contributed by atoms with Crippen molar-refractivity contribution in [3.63, 3.8) is 0 Å². The van der Waals surface area contributed by atoms with Crippen LogP contribution in [0.25, 0.3) is 0 Å². The van der Waals surface area contributed by atoms with Gasteiger partial charge < -0.3 is 9.47 Å². The van der Waals surface area contributed by atoms with E-state index in [1.165, 1.54) is 13.2 Å². The number of hydrogen-bond acceptors (Lipinski definition) is 3. The largest absolute Gasteiger partial charge is 0.465 e. The number of ether oxygens (including phenoxy) is 2. The van der Waals surface area contributed by atoms with Crippen LogP contribution in [0, 0.1) is 0 Å². The molecule has 0 aliphatic heterocycles. The van der Waals surface area contributed by atoms with Crippen LogP contribution in [0.4, 0.5) is 8.78 Å². The molecule has 3 nitrogen and oxygen atoms in total. The fourth-order valence-corrected chi connectivity index (χ4v) is 2.16. The van der Waals surface area contributed by atoms with Gasteiger partial charge in [0.05, 0.1) is 7.11 Å². The Balaban J connectivity index is 3.33. The fourth-order valence-electron chi connectivity index (χ4n) is 1.24. The second kappa shape index (κ2) is 6.30. The van der Waals surface area contributed by atoms with Crippen molar-refractivity contribution in [3.05, 3.63) is 27.7 Å². The van der Waals surface area contributed by atoms with Crippen LogP contribution in [-0.4, -0.2) is 19.7 Å². The van der Waals surface area contributed by atoms with E-state index in [4.69, 9.17) is 0 Å². The monoisotopic (exact) mass is 372 g/mol. The molecule has 94 valence electrons. The first-order chi connectivity index (χ1) is 7.99. The van der Waals surface area contributed by atoms with Crippen molar-refractivity contribution in [2.24, 2.45) is 0 Å². The summed E-state index contributed by atoms with van der Waals surface area (Å²) in [4.78, 5) is 11.5. The van der Waals surface area contributed by atoms with E-state index in [2.05, 4.69) is 41.3 Å². The molecule has 0 fully saturated rings. The second-order valence-corrected chi connectivity index (χ2v) is 4.42. The van der Waals surface area contributed by atoms with E-state index in [1.54, 1.807) is 6.07 Å². The molecule has 0 saturated heterocycles. The summed E-state index contributed by atoms with van der Waals surface area (Å²) >= 11 is 6.32. The highest BCUT2D eigenvalue weighted by Crippen LogP contribution is 2.32. The highest BCUT2D eigenvalue weighted by molar-refractivity contribution is 9.10. The molecular formula is C10H8Br2F2O3. The summed E-state index contributed by atoms with van der Waals surface area (Å²) in [6.07, 6.45) is 0. The number of halogens is 4. The van der Waals surface area contributed by atoms with Gasteiger partial charge in [0, 0.05) is 15.4 Å². The van der Waals surface area contributed by atoms with Crippen LogP contribution in [0.15, 0.2) is 16.6 Å². The van der Waals surface area contributed by atoms with Crippen molar-refractivity contribution >= 4 is 37.8 Å². The topological polar surface area (TPSA) is 35.5 Å². The van der Waals surface area contributed by atoms with Gasteiger partial charge in [-0.15, -0.1) is 0 Å². The highest BCUT2D eigenvalue weighted by atomic mass is 79.9. The minimum atomic E-state index is -3.00. The molecule has 17 heavy (non-hydrogen) atoms. The molecule has 0 spiro atoms. The molecular weight excluding hydrogens is 366 g/mol. The van der Waals surface area contributed by atoms with Gasteiger partial charge in [-0.1, -0.05) is 31.9 Å². The summed E-state index contributed by atoms with van der Waals surface area (Å²) in [5.74, 6) is -0.906. The van der Waals surface area contributed by atoms with Crippen LogP contribution in [0.1, 0.15) is 15.9 Å². The molecule has 0 unspecified atom stereocenters. The molecule has 0 atom stereocenters. The fraction of sp³-hybridized carbons (Fsp3) is 0.300. The zero-order chi connectivity index (χ0) is 13.0. The average Bonchev–Trinajstić information content (AvgIpc) is 2.29. The maximum Gasteiger partial charge on any atom is 0.387 e. The number of benzene rings is 1. The zero-order valence-electron chi connectivity index (χ0n) is 8.68. The molecule has 0 bridgehead atoms. The molecule has 7 heteroatoms. The first-order valence-electron chi connectivity index (χ1n) is 4.41. The summed E-state index contributed by atoms with van der Waals surface area (Å²) in [7, 11) is 1.17. The third kappa shape index (κ3) is 3.64. The molecule has 0 amide bonds. The molecule has 1 aromatic rings. The van der Waals surface area contributed by atoms with Gasteiger partial charge >= 0.3 is 12.6 Å². The lowest BCUT2D eigenvalue weighted by atomic mass is 10.1. The lowest BCUT2D eigenvalue weighted by molar-refractivity contribution is -0.0508. The summed E-state index contributed by atoms with van der Waals surface area (Å²) in [6.45, 7) is -3.00. The Morgan fingerprint density at radius 3 is 2.59 bits per heavy atom. The van der Waals surface area contributed by atoms with Gasteiger partial charge in [0.1, 0.15) is 11.3 Å². The normalized spacial score (nSPS) is 10.5. The first kappa shape index (κ1) is 14.4. The van der Waals surface area contributed by atoms with Crippen molar-refractivity contribution < 1.29 is 23.0 Å². The number of esters is 1. The molecule has 0 saturated carbocycles. The number of carbonyl (C=O) groups is 1. The lowest BCUT2D eigenvalue weighted by Gasteiger charge is -2.13. The van der Waals surface area contributed by atoms with Crippen LogP contribution in [0.3, 0.4) is 0 Å². The van der Waals surface area contributed by atoms with Gasteiger partial charge in [0.25, 0.3) is 0 Å². The number of hydrogen-bond donors (Lipinski definition) is 0. The van der Waals surface area contributed by atoms with Crippen LogP contribution in [0.5, 0.6) is 5.75 Å². The highest BCUT2D eigenvalue weighted by Gasteiger charge is 2.20. The number of alkyl halides is 3. The maximum atomic E-state index is 12.3. The predicted molar refractivity (Wildman–Crippen MR) is 64.7 cm³/mol. The van der Waals surface area contributed by atoms with Crippen LogP contribution in [-0.2, 0) is 10.1 Å². The summed E-state index contributed by atoms with van der Waals surface area (Å²) in [5.41, 5.74) is 0.386. The minimum absolute atomic E-state index is 0.0448. The van der Waals surface area contributed by atoms with Gasteiger partial charge in [-0.2, -0.15) is 8.78 Å². The Bertz CT molecular complexity index is 424. The average molecular weight is 374 g/mol. The number of carbonyl (C=O) groups excluding carboxylic acids is 1. The number of rotatable bonds is 4. The molecule has 0 aromatic heterocycles. The first-order valence-corrected chi connectivity index (χ1v) is 6.32. The summed E-state index contributed by atoms with van der Waals surface area (Å²) in [6, 6.07) is 2.95. The minimum Gasteiger partial charge on any atom is -0.465 e. The van der Waals surface area contributed by atoms with Gasteiger partial charge in [0.2, 0.25) is 0 Å². The van der Waals surface area contributed by atoms with Crippen LogP contribution < -0.4 is 4.74 Å². The van der Waals surface area contributed by atoms with Crippen molar-refractivity contribution in [2.45, 2.75) is 11.9 Å². The molecule has 1 rings (SSSR count). The molecule has 0 aliphatic rings. The van der Waals surface area contributed by atoms with Gasteiger partial charge in [-0.25, -0.2) is 4.79 Å².